The molecule has 2 aromatic heterocycles. The molecule has 3 heterocycles. The lowest BCUT2D eigenvalue weighted by atomic mass is 9.77. The Hall–Kier alpha value is -3.28. The normalized spacial score (nSPS) is 21.3. The minimum absolute atomic E-state index is 0.311. The van der Waals surface area contributed by atoms with E-state index in [1.165, 1.54) is 11.1 Å². The molecule has 0 saturated heterocycles. The summed E-state index contributed by atoms with van der Waals surface area (Å²) in [6.45, 7) is 1.97. The Morgan fingerprint density at radius 3 is 2.50 bits per heavy atom. The number of aromatic amines is 1. The van der Waals surface area contributed by atoms with E-state index in [4.69, 9.17) is 10.1 Å². The minimum Gasteiger partial charge on any atom is -0.481 e. The molecule has 0 atom stereocenters. The Morgan fingerprint density at radius 2 is 1.81 bits per heavy atom. The van der Waals surface area contributed by atoms with E-state index in [0.717, 1.165) is 72.5 Å². The number of hydrogen-bond donors (Lipinski definition) is 2. The highest BCUT2D eigenvalue weighted by molar-refractivity contribution is 6.03. The lowest BCUT2D eigenvalue weighted by Gasteiger charge is -2.28. The smallest absolute Gasteiger partial charge is 0.303 e. The maximum atomic E-state index is 10.9. The predicted octanol–water partition coefficient (Wildman–Crippen LogP) is 5.64. The third-order valence-corrected chi connectivity index (χ3v) is 6.82. The minimum atomic E-state index is -0.671. The van der Waals surface area contributed by atoms with Crippen LogP contribution < -0.4 is 0 Å². The number of carboxylic acids is 1. The molecule has 164 valence electrons. The number of imidazole rings is 1. The summed E-state index contributed by atoms with van der Waals surface area (Å²) in [7, 11) is 0. The van der Waals surface area contributed by atoms with Crippen LogP contribution in [0.1, 0.15) is 73.5 Å². The zero-order valence-corrected chi connectivity index (χ0v) is 18.3. The molecule has 3 aromatic rings. The van der Waals surface area contributed by atoms with Crippen LogP contribution in [0.2, 0.25) is 0 Å². The van der Waals surface area contributed by atoms with Gasteiger partial charge in [0.15, 0.2) is 5.65 Å². The molecule has 0 bridgehead atoms. The second-order valence-corrected chi connectivity index (χ2v) is 9.08. The van der Waals surface area contributed by atoms with Gasteiger partial charge in [-0.25, -0.2) is 9.97 Å². The molecule has 0 spiro atoms. The summed E-state index contributed by atoms with van der Waals surface area (Å²) >= 11 is 0. The molecule has 0 unspecified atom stereocenters. The topological polar surface area (TPSA) is 91.2 Å². The first-order chi connectivity index (χ1) is 15.5. The van der Waals surface area contributed by atoms with E-state index < -0.39 is 5.97 Å². The number of benzene rings is 1. The standard InChI is InChI=1S/C26H28N4O2/c1-16-2-12-23-26(28-16)30-25(29-23)21-11-13-22(27-15-21)20-9-7-19(8-10-20)18-5-3-17(4-6-18)14-24(31)32/h2,7-10,12,15,17-18H,3-6,11,13-14H2,1H3,(H,31,32)(H,28,29,30). The first-order valence-corrected chi connectivity index (χ1v) is 11.5. The number of nitrogens with one attached hydrogen (secondary N) is 1. The van der Waals surface area contributed by atoms with Crippen molar-refractivity contribution < 1.29 is 9.90 Å². The van der Waals surface area contributed by atoms with E-state index >= 15 is 0 Å². The summed E-state index contributed by atoms with van der Waals surface area (Å²) in [5.41, 5.74) is 7.42. The zero-order valence-electron chi connectivity index (χ0n) is 18.3. The van der Waals surface area contributed by atoms with Crippen molar-refractivity contribution in [3.63, 3.8) is 0 Å². The predicted molar refractivity (Wildman–Crippen MR) is 126 cm³/mol. The molecule has 1 fully saturated rings. The van der Waals surface area contributed by atoms with Crippen LogP contribution in [0.25, 0.3) is 16.7 Å². The van der Waals surface area contributed by atoms with Gasteiger partial charge >= 0.3 is 5.97 Å². The van der Waals surface area contributed by atoms with Gasteiger partial charge in [0.1, 0.15) is 5.82 Å². The van der Waals surface area contributed by atoms with Crippen LogP contribution in [0.5, 0.6) is 0 Å². The summed E-state index contributed by atoms with van der Waals surface area (Å²) in [6.07, 6.45) is 8.20. The Balaban J connectivity index is 1.26. The average molecular weight is 429 g/mol. The number of nitrogens with zero attached hydrogens (tertiary/aromatic N) is 3. The van der Waals surface area contributed by atoms with Crippen LogP contribution in [0.15, 0.2) is 47.6 Å². The van der Waals surface area contributed by atoms with Crippen molar-refractivity contribution in [3.05, 3.63) is 65.2 Å². The first kappa shape index (κ1) is 20.6. The van der Waals surface area contributed by atoms with E-state index in [1.54, 1.807) is 0 Å². The summed E-state index contributed by atoms with van der Waals surface area (Å²) in [4.78, 5) is 28.2. The first-order valence-electron chi connectivity index (χ1n) is 11.5. The van der Waals surface area contributed by atoms with Crippen LogP contribution in [-0.2, 0) is 4.79 Å². The van der Waals surface area contributed by atoms with Crippen molar-refractivity contribution >= 4 is 28.4 Å². The summed E-state index contributed by atoms with van der Waals surface area (Å²) in [5.74, 6) is 1.07. The number of aliphatic carboxylic acids is 1. The molecular formula is C26H28N4O2. The Kier molecular flexibility index (Phi) is 5.60. The molecule has 1 saturated carbocycles. The Morgan fingerprint density at radius 1 is 1.03 bits per heavy atom. The highest BCUT2D eigenvalue weighted by Crippen LogP contribution is 2.37. The van der Waals surface area contributed by atoms with Gasteiger partial charge in [0.2, 0.25) is 0 Å². The number of carboxylic acid groups (broad SMARTS) is 1. The number of aryl methyl sites for hydroxylation is 1. The van der Waals surface area contributed by atoms with Gasteiger partial charge < -0.3 is 10.1 Å². The third-order valence-electron chi connectivity index (χ3n) is 6.82. The highest BCUT2D eigenvalue weighted by atomic mass is 16.4. The molecule has 5 rings (SSSR count). The number of hydrogen-bond acceptors (Lipinski definition) is 4. The molecular weight excluding hydrogens is 400 g/mol. The molecule has 0 radical (unpaired) electrons. The van der Waals surface area contributed by atoms with Crippen molar-refractivity contribution in [3.8, 4) is 0 Å². The molecule has 2 aliphatic rings. The van der Waals surface area contributed by atoms with E-state index in [1.807, 2.05) is 25.3 Å². The van der Waals surface area contributed by atoms with Crippen LogP contribution >= 0.6 is 0 Å². The maximum Gasteiger partial charge on any atom is 0.303 e. The van der Waals surface area contributed by atoms with Crippen molar-refractivity contribution in [2.45, 2.75) is 57.8 Å². The number of H-pyrrole nitrogens is 1. The van der Waals surface area contributed by atoms with Gasteiger partial charge in [-0.15, -0.1) is 0 Å². The van der Waals surface area contributed by atoms with Crippen LogP contribution in [-0.4, -0.2) is 31.7 Å². The fourth-order valence-corrected chi connectivity index (χ4v) is 4.97. The van der Waals surface area contributed by atoms with Gasteiger partial charge in [0.05, 0.1) is 5.52 Å². The van der Waals surface area contributed by atoms with Crippen LogP contribution in [0.4, 0.5) is 0 Å². The fourth-order valence-electron chi connectivity index (χ4n) is 4.97. The van der Waals surface area contributed by atoms with E-state index in [-0.39, 0.29) is 0 Å². The highest BCUT2D eigenvalue weighted by Gasteiger charge is 2.24. The summed E-state index contributed by atoms with van der Waals surface area (Å²) in [5, 5.41) is 9.00. The lowest BCUT2D eigenvalue weighted by molar-refractivity contribution is -0.138. The average Bonchev–Trinajstić information content (AvgIpc) is 3.23. The zero-order chi connectivity index (χ0) is 22.1. The molecule has 1 aromatic carbocycles. The molecule has 2 N–H and O–H groups in total. The van der Waals surface area contributed by atoms with Gasteiger partial charge in [-0.2, -0.15) is 0 Å². The second-order valence-electron chi connectivity index (χ2n) is 9.08. The number of aliphatic imine (C=N–C) groups is 1. The number of rotatable bonds is 5. The molecule has 6 nitrogen and oxygen atoms in total. The number of carbonyl (C=O) groups is 1. The molecule has 1 aliphatic carbocycles. The summed E-state index contributed by atoms with van der Waals surface area (Å²) < 4.78 is 0. The second kappa shape index (κ2) is 8.69. The van der Waals surface area contributed by atoms with Gasteiger partial charge in [0.25, 0.3) is 0 Å². The van der Waals surface area contributed by atoms with Crippen molar-refractivity contribution in [1.29, 1.82) is 0 Å². The Bertz CT molecular complexity index is 1200. The summed E-state index contributed by atoms with van der Waals surface area (Å²) in [6, 6.07) is 12.8. The number of allylic oxidation sites excluding steroid dienone is 1. The van der Waals surface area contributed by atoms with Gasteiger partial charge in [-0.05, 0) is 80.5 Å². The largest absolute Gasteiger partial charge is 0.481 e. The van der Waals surface area contributed by atoms with E-state index in [0.29, 0.717) is 18.3 Å². The molecule has 6 heteroatoms. The monoisotopic (exact) mass is 428 g/mol. The number of fused-ring (bicyclic) bond motifs is 1. The van der Waals surface area contributed by atoms with E-state index in [2.05, 4.69) is 39.2 Å². The number of pyridine rings is 1. The van der Waals surface area contributed by atoms with Crippen LogP contribution in [0, 0.1) is 12.8 Å². The van der Waals surface area contributed by atoms with Crippen LogP contribution in [0.3, 0.4) is 0 Å². The molecule has 0 amide bonds. The fraction of sp³-hybridized carbons (Fsp3) is 0.385. The molecule has 32 heavy (non-hydrogen) atoms. The van der Waals surface area contributed by atoms with Gasteiger partial charge in [-0.3, -0.25) is 9.79 Å². The van der Waals surface area contributed by atoms with E-state index in [9.17, 15) is 4.79 Å². The third kappa shape index (κ3) is 4.35. The maximum absolute atomic E-state index is 10.9. The number of aromatic nitrogens is 3. The van der Waals surface area contributed by atoms with Crippen molar-refractivity contribution in [2.24, 2.45) is 10.9 Å². The van der Waals surface area contributed by atoms with Crippen molar-refractivity contribution in [2.75, 3.05) is 0 Å². The molecule has 1 aliphatic heterocycles. The van der Waals surface area contributed by atoms with Gasteiger partial charge in [-0.1, -0.05) is 24.3 Å². The lowest BCUT2D eigenvalue weighted by Crippen LogP contribution is -2.16. The quantitative estimate of drug-likeness (QED) is 0.550. The van der Waals surface area contributed by atoms with Crippen molar-refractivity contribution in [1.82, 2.24) is 15.0 Å². The SMILES string of the molecule is Cc1ccc2[nH]c(C3=CN=C(c4ccc(C5CCC(CC(=O)O)CC5)cc4)CC3)nc2n1. The van der Waals surface area contributed by atoms with Gasteiger partial charge in [0, 0.05) is 29.6 Å². The Labute approximate surface area is 187 Å².